The van der Waals surface area contributed by atoms with Crippen molar-refractivity contribution in [3.63, 3.8) is 0 Å². The number of rotatable bonds is 7. The van der Waals surface area contributed by atoms with Crippen molar-refractivity contribution < 1.29 is 9.47 Å². The van der Waals surface area contributed by atoms with Gasteiger partial charge in [0.15, 0.2) is 4.80 Å². The molecule has 7 heteroatoms. The Kier molecular flexibility index (Phi) is 8.08. The summed E-state index contributed by atoms with van der Waals surface area (Å²) in [7, 11) is 0. The Morgan fingerprint density at radius 3 is 2.15 bits per heavy atom. The van der Waals surface area contributed by atoms with Crippen LogP contribution in [0.1, 0.15) is 55.8 Å². The minimum absolute atomic E-state index is 0.00952. The summed E-state index contributed by atoms with van der Waals surface area (Å²) in [5.74, 6) is 1.70. The van der Waals surface area contributed by atoms with E-state index in [1.165, 1.54) is 22.5 Å². The minimum Gasteiger partial charge on any atom is -0.494 e. The number of halogens is 1. The molecule has 0 saturated carbocycles. The summed E-state index contributed by atoms with van der Waals surface area (Å²) in [6, 6.07) is 24.1. The lowest BCUT2D eigenvalue weighted by Crippen LogP contribution is -2.39. The molecule has 0 fully saturated rings. The fourth-order valence-corrected chi connectivity index (χ4v) is 6.77. The highest BCUT2D eigenvalue weighted by molar-refractivity contribution is 9.10. The Bertz CT molecular complexity index is 1800. The monoisotopic (exact) mass is 626 g/mol. The van der Waals surface area contributed by atoms with Gasteiger partial charge in [0.1, 0.15) is 11.5 Å². The van der Waals surface area contributed by atoms with E-state index in [0.29, 0.717) is 17.7 Å². The first-order chi connectivity index (χ1) is 20.0. The fourth-order valence-electron chi connectivity index (χ4n) is 5.51. The fraction of sp³-hybridized carbons (Fsp3) is 0.235. The highest BCUT2D eigenvalue weighted by Gasteiger charge is 2.32. The molecule has 1 aliphatic heterocycles. The van der Waals surface area contributed by atoms with Crippen LogP contribution in [0.15, 0.2) is 104 Å². The molecule has 1 atom stereocenters. The van der Waals surface area contributed by atoms with Crippen molar-refractivity contribution in [1.82, 2.24) is 4.57 Å². The van der Waals surface area contributed by atoms with Crippen LogP contribution in [0.4, 0.5) is 0 Å². The second-order valence-corrected chi connectivity index (χ2v) is 12.0. The van der Waals surface area contributed by atoms with Gasteiger partial charge in [-0.15, -0.1) is 0 Å². The topological polar surface area (TPSA) is 52.8 Å². The summed E-state index contributed by atoms with van der Waals surface area (Å²) in [6.07, 6.45) is 7.05. The van der Waals surface area contributed by atoms with Gasteiger partial charge < -0.3 is 9.47 Å². The van der Waals surface area contributed by atoms with E-state index in [-0.39, 0.29) is 11.6 Å². The molecule has 0 unspecified atom stereocenters. The van der Waals surface area contributed by atoms with Crippen molar-refractivity contribution in [2.75, 3.05) is 13.2 Å². The number of aromatic nitrogens is 1. The average molecular weight is 628 g/mol. The molecule has 2 aliphatic rings. The van der Waals surface area contributed by atoms with E-state index in [2.05, 4.69) is 46.3 Å². The maximum Gasteiger partial charge on any atom is 0.271 e. The van der Waals surface area contributed by atoms with Gasteiger partial charge in [0.2, 0.25) is 0 Å². The zero-order valence-electron chi connectivity index (χ0n) is 23.1. The lowest BCUT2D eigenvalue weighted by Gasteiger charge is -2.31. The number of hydrogen-bond acceptors (Lipinski definition) is 5. The maximum atomic E-state index is 14.0. The third kappa shape index (κ3) is 5.74. The molecule has 1 aliphatic carbocycles. The van der Waals surface area contributed by atoms with E-state index >= 15 is 0 Å². The average Bonchev–Trinajstić information content (AvgIpc) is 3.29. The molecular formula is C34H31BrN2O3S. The second-order valence-electron chi connectivity index (χ2n) is 10.0. The van der Waals surface area contributed by atoms with Gasteiger partial charge in [0.05, 0.1) is 29.5 Å². The van der Waals surface area contributed by atoms with Gasteiger partial charge in [-0.05, 0) is 109 Å². The number of allylic oxidation sites excluding steroid dienone is 2. The summed E-state index contributed by atoms with van der Waals surface area (Å²) in [5, 5.41) is 0. The van der Waals surface area contributed by atoms with Crippen LogP contribution < -0.4 is 24.4 Å². The van der Waals surface area contributed by atoms with Crippen molar-refractivity contribution in [3.8, 4) is 11.5 Å². The standard InChI is InChI=1S/C34H31BrN2O3S/c1-3-39-27-16-10-22(11-17-27)20-25-6-5-7-29-31(25)36-34-37(32(29)24-12-18-28(19-13-24)40-4-2)33(38)30(41-34)21-23-8-14-26(35)15-9-23/h8-21,32H,3-7H2,1-2H3/b25-20+,30-21+/t32-/m0/s1. The van der Waals surface area contributed by atoms with Gasteiger partial charge in [-0.25, -0.2) is 4.99 Å². The molecule has 208 valence electrons. The maximum absolute atomic E-state index is 14.0. The molecule has 2 heterocycles. The highest BCUT2D eigenvalue weighted by Crippen LogP contribution is 2.41. The Labute approximate surface area is 251 Å². The second kappa shape index (κ2) is 12.0. The smallest absolute Gasteiger partial charge is 0.271 e. The van der Waals surface area contributed by atoms with Crippen LogP contribution in [-0.4, -0.2) is 17.8 Å². The number of benzene rings is 3. The Hall–Kier alpha value is -3.68. The van der Waals surface area contributed by atoms with Gasteiger partial charge in [0, 0.05) is 4.47 Å². The first kappa shape index (κ1) is 27.5. The predicted octanol–water partition coefficient (Wildman–Crippen LogP) is 7.04. The van der Waals surface area contributed by atoms with Crippen LogP contribution in [0, 0.1) is 0 Å². The van der Waals surface area contributed by atoms with Crippen LogP contribution >= 0.6 is 27.3 Å². The largest absolute Gasteiger partial charge is 0.494 e. The molecule has 0 saturated heterocycles. The summed E-state index contributed by atoms with van der Waals surface area (Å²) >= 11 is 4.95. The molecule has 3 aromatic carbocycles. The first-order valence-corrected chi connectivity index (χ1v) is 15.6. The summed E-state index contributed by atoms with van der Waals surface area (Å²) in [5.41, 5.74) is 6.57. The van der Waals surface area contributed by atoms with E-state index < -0.39 is 0 Å². The van der Waals surface area contributed by atoms with Crippen molar-refractivity contribution in [1.29, 1.82) is 0 Å². The molecule has 41 heavy (non-hydrogen) atoms. The SMILES string of the molecule is CCOc1ccc(/C=C2\CCCC3=C2N=c2s/c(=C/c4ccc(Br)cc4)c(=O)n2[C@H]3c2ccc(OCC)cc2)cc1. The molecule has 0 spiro atoms. The van der Waals surface area contributed by atoms with Crippen LogP contribution in [0.25, 0.3) is 12.2 Å². The number of thiazole rings is 1. The van der Waals surface area contributed by atoms with Gasteiger partial charge in [-0.2, -0.15) is 0 Å². The predicted molar refractivity (Wildman–Crippen MR) is 169 cm³/mol. The first-order valence-electron chi connectivity index (χ1n) is 14.0. The van der Waals surface area contributed by atoms with E-state index in [9.17, 15) is 4.79 Å². The molecule has 0 amide bonds. The molecule has 6 rings (SSSR count). The Morgan fingerprint density at radius 2 is 1.49 bits per heavy atom. The van der Waals surface area contributed by atoms with Gasteiger partial charge >= 0.3 is 0 Å². The van der Waals surface area contributed by atoms with E-state index in [4.69, 9.17) is 14.5 Å². The molecule has 1 aromatic heterocycles. The molecule has 0 N–H and O–H groups in total. The normalized spacial score (nSPS) is 17.7. The van der Waals surface area contributed by atoms with Crippen molar-refractivity contribution in [3.05, 3.63) is 130 Å². The van der Waals surface area contributed by atoms with Gasteiger partial charge in [-0.3, -0.25) is 9.36 Å². The molecule has 5 nitrogen and oxygen atoms in total. The summed E-state index contributed by atoms with van der Waals surface area (Å²) < 4.78 is 14.9. The van der Waals surface area contributed by atoms with Crippen molar-refractivity contribution >= 4 is 39.4 Å². The van der Waals surface area contributed by atoms with E-state index in [0.717, 1.165) is 62.4 Å². The summed E-state index contributed by atoms with van der Waals surface area (Å²) in [4.78, 5) is 19.9. The highest BCUT2D eigenvalue weighted by atomic mass is 79.9. The molecular weight excluding hydrogens is 596 g/mol. The third-order valence-electron chi connectivity index (χ3n) is 7.34. The van der Waals surface area contributed by atoms with Crippen molar-refractivity contribution in [2.45, 2.75) is 39.2 Å². The van der Waals surface area contributed by atoms with E-state index in [1.807, 2.05) is 73.0 Å². The van der Waals surface area contributed by atoms with Crippen molar-refractivity contribution in [2.24, 2.45) is 4.99 Å². The molecule has 4 aromatic rings. The molecule has 0 radical (unpaired) electrons. The Morgan fingerprint density at radius 1 is 0.878 bits per heavy atom. The van der Waals surface area contributed by atoms with Crippen LogP contribution in [-0.2, 0) is 0 Å². The van der Waals surface area contributed by atoms with Crippen LogP contribution in [0.5, 0.6) is 11.5 Å². The third-order valence-corrected chi connectivity index (χ3v) is 8.85. The lowest BCUT2D eigenvalue weighted by atomic mass is 9.84. The zero-order valence-corrected chi connectivity index (χ0v) is 25.5. The number of nitrogens with zero attached hydrogens (tertiary/aromatic N) is 2. The summed E-state index contributed by atoms with van der Waals surface area (Å²) in [6.45, 7) is 5.23. The number of ether oxygens (including phenoxy) is 2. The van der Waals surface area contributed by atoms with Gasteiger partial charge in [-0.1, -0.05) is 63.7 Å². The van der Waals surface area contributed by atoms with Crippen LogP contribution in [0.2, 0.25) is 0 Å². The van der Waals surface area contributed by atoms with E-state index in [1.54, 1.807) is 0 Å². The van der Waals surface area contributed by atoms with Crippen LogP contribution in [0.3, 0.4) is 0 Å². The number of fused-ring (bicyclic) bond motifs is 1. The quantitative estimate of drug-likeness (QED) is 0.221. The number of hydrogen-bond donors (Lipinski definition) is 0. The van der Waals surface area contributed by atoms with Gasteiger partial charge in [0.25, 0.3) is 5.56 Å². The lowest BCUT2D eigenvalue weighted by molar-refractivity contribution is 0.340. The zero-order chi connectivity index (χ0) is 28.3. The Balaban J connectivity index is 1.51. The minimum atomic E-state index is -0.215. The molecule has 0 bridgehead atoms.